The average molecular weight is 1260 g/mol. The first kappa shape index (κ1) is 62.4. The minimum absolute atomic E-state index is 0.00425. The predicted octanol–water partition coefficient (Wildman–Crippen LogP) is 9.50. The molecular formula is C66H82Cl2N4O12S2. The molecule has 0 aromatic heterocycles. The van der Waals surface area contributed by atoms with Crippen LogP contribution >= 0.6 is 23.2 Å². The molecule has 0 saturated heterocycles. The normalized spacial score (nSPS) is 31.8. The molecule has 0 radical (unpaired) electrons. The van der Waals surface area contributed by atoms with Gasteiger partial charge in [-0.1, -0.05) is 59.6 Å². The summed E-state index contributed by atoms with van der Waals surface area (Å²) in [6, 6.07) is 22.5. The number of aliphatic hydroxyl groups excluding tert-OH is 4. The molecule has 4 aliphatic carbocycles. The van der Waals surface area contributed by atoms with Crippen molar-refractivity contribution in [1.29, 1.82) is 0 Å². The van der Waals surface area contributed by atoms with Crippen LogP contribution in [0.2, 0.25) is 10.0 Å². The Balaban J connectivity index is 0.000000179. The van der Waals surface area contributed by atoms with Gasteiger partial charge in [0.2, 0.25) is 20.0 Å². The van der Waals surface area contributed by atoms with Gasteiger partial charge >= 0.3 is 0 Å². The Morgan fingerprint density at radius 3 is 1.40 bits per heavy atom. The lowest BCUT2D eigenvalue weighted by molar-refractivity contribution is 0.0454. The molecule has 464 valence electrons. The van der Waals surface area contributed by atoms with Crippen molar-refractivity contribution in [2.75, 3.05) is 49.2 Å². The molecule has 12 rings (SSSR count). The molecule has 16 nitrogen and oxygen atoms in total. The second-order valence-electron chi connectivity index (χ2n) is 25.9. The quantitative estimate of drug-likeness (QED) is 0.105. The number of halogens is 2. The number of aliphatic hydroxyl groups is 4. The average Bonchev–Trinajstić information content (AvgIpc) is 1.55. The minimum Gasteiger partial charge on any atom is -0.490 e. The number of rotatable bonds is 4. The number of hydrogen-bond acceptors (Lipinski definition) is 14. The molecule has 4 heterocycles. The summed E-state index contributed by atoms with van der Waals surface area (Å²) in [7, 11) is -8.16. The number of hydrogen-bond donors (Lipinski definition) is 6. The van der Waals surface area contributed by atoms with Gasteiger partial charge < -0.3 is 39.7 Å². The van der Waals surface area contributed by atoms with Gasteiger partial charge in [0.05, 0.1) is 59.5 Å². The van der Waals surface area contributed by atoms with E-state index >= 15 is 0 Å². The van der Waals surface area contributed by atoms with Crippen LogP contribution in [0.15, 0.2) is 97.1 Å². The van der Waals surface area contributed by atoms with E-state index in [0.717, 1.165) is 85.6 Å². The van der Waals surface area contributed by atoms with Crippen molar-refractivity contribution in [3.05, 3.63) is 141 Å². The number of benzene rings is 4. The number of nitrogens with one attached hydrogen (secondary N) is 2. The molecule has 4 aromatic rings. The largest absolute Gasteiger partial charge is 0.490 e. The molecule has 2 amide bonds. The Hall–Kier alpha value is -5.18. The van der Waals surface area contributed by atoms with Crippen LogP contribution in [0.25, 0.3) is 0 Å². The van der Waals surface area contributed by atoms with Crippen molar-refractivity contribution in [3.63, 3.8) is 0 Å². The van der Waals surface area contributed by atoms with Gasteiger partial charge in [0.1, 0.15) is 11.5 Å². The van der Waals surface area contributed by atoms with Crippen molar-refractivity contribution < 1.29 is 56.3 Å². The molecule has 86 heavy (non-hydrogen) atoms. The van der Waals surface area contributed by atoms with Gasteiger partial charge in [-0.15, -0.1) is 0 Å². The first-order valence-electron chi connectivity index (χ1n) is 30.9. The van der Waals surface area contributed by atoms with Crippen LogP contribution in [0.5, 0.6) is 11.5 Å². The highest BCUT2D eigenvalue weighted by Crippen LogP contribution is 2.49. The number of carbonyl (C=O) groups is 2. The molecule has 8 aliphatic rings. The molecule has 4 aromatic carbocycles. The first-order valence-corrected chi connectivity index (χ1v) is 34.7. The van der Waals surface area contributed by atoms with Crippen molar-refractivity contribution in [1.82, 2.24) is 9.44 Å². The van der Waals surface area contributed by atoms with Crippen LogP contribution in [0, 0.1) is 23.7 Å². The smallest absolute Gasteiger partial charge is 0.264 e. The molecule has 2 fully saturated rings. The summed E-state index contributed by atoms with van der Waals surface area (Å²) in [6.45, 7) is 6.76. The standard InChI is InChI=1S/2C33H41ClN2O6S/c2*1-21(37)15-26-6-2-3-7-30(38)27-11-8-24(27)18-36-19-33(14-4-5-22-16-25(34)10-12-28(22)33)20-42-31-13-9-23(17-29(31)36)32(39)35-43(26,40)41/h2*3,7,9-10,12-13,16-17,21,24,26-27,30,37-38H,2,4-6,8,11,14-15,18-20H2,1H3,(H,35,39)/b2*7-3+/t21-,24-,26+,27+,30-,33-;21-,24-,26-,27+,30-,33-/m00/s1. The summed E-state index contributed by atoms with van der Waals surface area (Å²) >= 11 is 12.8. The zero-order valence-corrected chi connectivity index (χ0v) is 52.2. The second kappa shape index (κ2) is 25.7. The lowest BCUT2D eigenvalue weighted by Crippen LogP contribution is -2.49. The van der Waals surface area contributed by atoms with E-state index in [1.165, 1.54) is 22.3 Å². The molecule has 6 N–H and O–H groups in total. The maximum Gasteiger partial charge on any atom is 0.264 e. The zero-order chi connectivity index (χ0) is 60.7. The molecule has 2 spiro atoms. The Labute approximate surface area is 516 Å². The van der Waals surface area contributed by atoms with Gasteiger partial charge in [0, 0.05) is 58.2 Å². The van der Waals surface area contributed by atoms with Gasteiger partial charge in [-0.05, 0) is 223 Å². The van der Waals surface area contributed by atoms with Crippen LogP contribution in [0.4, 0.5) is 11.4 Å². The molecule has 0 unspecified atom stereocenters. The molecule has 4 aliphatic heterocycles. The number of allylic oxidation sites excluding steroid dienone is 2. The van der Waals surface area contributed by atoms with E-state index in [0.29, 0.717) is 63.7 Å². The Bertz CT molecular complexity index is 3250. The van der Waals surface area contributed by atoms with Gasteiger partial charge in [0.15, 0.2) is 0 Å². The van der Waals surface area contributed by atoms with Gasteiger partial charge in [-0.2, -0.15) is 0 Å². The molecule has 12 atom stereocenters. The lowest BCUT2D eigenvalue weighted by atomic mass is 9.68. The van der Waals surface area contributed by atoms with E-state index in [1.807, 2.05) is 24.3 Å². The van der Waals surface area contributed by atoms with Gasteiger partial charge in [-0.3, -0.25) is 9.59 Å². The first-order chi connectivity index (χ1) is 41.1. The predicted molar refractivity (Wildman–Crippen MR) is 335 cm³/mol. The fourth-order valence-corrected chi connectivity index (χ4v) is 18.5. The van der Waals surface area contributed by atoms with E-state index < -0.39 is 66.8 Å². The van der Waals surface area contributed by atoms with Crippen molar-refractivity contribution in [3.8, 4) is 11.5 Å². The third-order valence-electron chi connectivity index (χ3n) is 19.9. The van der Waals surface area contributed by atoms with Crippen molar-refractivity contribution in [2.24, 2.45) is 23.7 Å². The SMILES string of the molecule is C[C@H](O)C[C@@H]1CC/C=C/[C@H](O)[C@@H]2CC[C@H]2CN2C[C@@]3(CCCc4cc(Cl)ccc43)COc3ccc(cc32)C(=O)NS1(=O)=O.C[C@H](O)C[C@H]1CC/C=C/[C@H](O)[C@@H]2CC[C@H]2CN2C[C@@]3(CCCc4cc(Cl)ccc43)COc3ccc(cc32)C(=O)NS1(=O)=O. The molecule has 2 saturated carbocycles. The van der Waals surface area contributed by atoms with E-state index in [9.17, 15) is 46.9 Å². The maximum absolute atomic E-state index is 13.4. The zero-order valence-electron chi connectivity index (χ0n) is 49.1. The number of nitrogens with zero attached hydrogens (tertiary/aromatic N) is 2. The number of amides is 2. The third-order valence-corrected chi connectivity index (χ3v) is 23.9. The molecular weight excluding hydrogens is 1180 g/mol. The summed E-state index contributed by atoms with van der Waals surface area (Å²) in [4.78, 5) is 31.4. The monoisotopic (exact) mass is 1260 g/mol. The Kier molecular flexibility index (Phi) is 18.7. The number of anilines is 2. The fourth-order valence-electron chi connectivity index (χ4n) is 15.0. The summed E-state index contributed by atoms with van der Waals surface area (Å²) in [5, 5.41) is 41.8. The van der Waals surface area contributed by atoms with Gasteiger partial charge in [0.25, 0.3) is 11.8 Å². The highest BCUT2D eigenvalue weighted by atomic mass is 35.5. The maximum atomic E-state index is 13.4. The van der Waals surface area contributed by atoms with Crippen LogP contribution in [-0.4, -0.2) is 123 Å². The highest BCUT2D eigenvalue weighted by Gasteiger charge is 2.47. The summed E-state index contributed by atoms with van der Waals surface area (Å²) in [6.07, 6.45) is 15.2. The van der Waals surface area contributed by atoms with Gasteiger partial charge in [-0.25, -0.2) is 26.3 Å². The van der Waals surface area contributed by atoms with Crippen LogP contribution in [-0.2, 0) is 43.7 Å². The highest BCUT2D eigenvalue weighted by molar-refractivity contribution is 7.91. The number of sulfonamides is 2. The van der Waals surface area contributed by atoms with E-state index in [4.69, 9.17) is 32.7 Å². The second-order valence-corrected chi connectivity index (χ2v) is 30.7. The van der Waals surface area contributed by atoms with E-state index in [2.05, 4.69) is 43.5 Å². The van der Waals surface area contributed by atoms with Crippen LogP contribution < -0.4 is 28.7 Å². The minimum atomic E-state index is -4.08. The molecule has 4 bridgehead atoms. The summed E-state index contributed by atoms with van der Waals surface area (Å²) in [5.74, 6) is 0.601. The lowest BCUT2D eigenvalue weighted by Gasteiger charge is -2.45. The molecule has 20 heteroatoms. The summed E-state index contributed by atoms with van der Waals surface area (Å²) in [5.41, 5.74) is 6.37. The summed E-state index contributed by atoms with van der Waals surface area (Å²) < 4.78 is 70.9. The number of ether oxygens (including phenoxy) is 2. The van der Waals surface area contributed by atoms with Crippen LogP contribution in [0.3, 0.4) is 0 Å². The number of aryl methyl sites for hydroxylation is 2. The Morgan fingerprint density at radius 2 is 1.01 bits per heavy atom. The number of carbonyl (C=O) groups excluding carboxylic acids is 2. The number of fused-ring (bicyclic) bond motifs is 8. The van der Waals surface area contributed by atoms with E-state index in [-0.39, 0.29) is 71.3 Å². The van der Waals surface area contributed by atoms with E-state index in [1.54, 1.807) is 62.4 Å². The topological polar surface area (TPSA) is 232 Å². The third kappa shape index (κ3) is 13.4. The fraction of sp³-hybridized carbons (Fsp3) is 0.545. The Morgan fingerprint density at radius 1 is 0.593 bits per heavy atom. The van der Waals surface area contributed by atoms with Crippen LogP contribution in [0.1, 0.15) is 147 Å². The van der Waals surface area contributed by atoms with Crippen molar-refractivity contribution >= 4 is 66.4 Å². The van der Waals surface area contributed by atoms with Crippen molar-refractivity contribution in [2.45, 2.75) is 162 Å².